The molecule has 1 atom stereocenters. The quantitative estimate of drug-likeness (QED) is 0.650. The zero-order valence-electron chi connectivity index (χ0n) is 7.08. The smallest absolute Gasteiger partial charge is 0.124 e. The molecule has 64 valence electrons. The highest BCUT2D eigenvalue weighted by atomic mass is 31.1. The van der Waals surface area contributed by atoms with Gasteiger partial charge in [0, 0.05) is 11.9 Å². The van der Waals surface area contributed by atoms with Crippen LogP contribution in [0.4, 0.5) is 0 Å². The van der Waals surface area contributed by atoms with Crippen molar-refractivity contribution >= 4 is 13.2 Å². The summed E-state index contributed by atoms with van der Waals surface area (Å²) < 4.78 is 11.6. The van der Waals surface area contributed by atoms with Crippen molar-refractivity contribution < 1.29 is 4.57 Å². The van der Waals surface area contributed by atoms with Crippen LogP contribution in [0.25, 0.3) is 0 Å². The Bertz CT molecular complexity index is 303. The van der Waals surface area contributed by atoms with Gasteiger partial charge in [-0.05, 0) is 31.4 Å². The minimum atomic E-state index is -1.55. The van der Waals surface area contributed by atoms with Crippen molar-refractivity contribution in [3.63, 3.8) is 0 Å². The zero-order chi connectivity index (χ0) is 8.55. The molecule has 0 aliphatic heterocycles. The molecule has 0 saturated heterocycles. The average Bonchev–Trinajstić information content (AvgIpc) is 2.87. The summed E-state index contributed by atoms with van der Waals surface area (Å²) in [5.41, 5.74) is 2.41. The van der Waals surface area contributed by atoms with Crippen LogP contribution >= 0.6 is 7.80 Å². The Kier molecular flexibility index (Phi) is 2.02. The standard InChI is InChI=1S/C9H12NOP/c1-7-2-5-9(10-6-7)12(11)8-3-4-8/h2,5-6,8,12H,3-4H2,1H3. The lowest BCUT2D eigenvalue weighted by atomic mass is 10.3. The molecule has 0 bridgehead atoms. The Morgan fingerprint density at radius 3 is 2.75 bits per heavy atom. The molecular weight excluding hydrogens is 169 g/mol. The van der Waals surface area contributed by atoms with Crippen molar-refractivity contribution in [2.75, 3.05) is 0 Å². The van der Waals surface area contributed by atoms with Crippen LogP contribution in [0.1, 0.15) is 18.4 Å². The summed E-state index contributed by atoms with van der Waals surface area (Å²) in [4.78, 5) is 4.17. The van der Waals surface area contributed by atoms with Crippen molar-refractivity contribution in [1.29, 1.82) is 0 Å². The molecule has 0 radical (unpaired) electrons. The molecular formula is C9H12NOP. The van der Waals surface area contributed by atoms with Crippen LogP contribution < -0.4 is 5.44 Å². The predicted molar refractivity (Wildman–Crippen MR) is 50.6 cm³/mol. The molecule has 3 heteroatoms. The molecule has 0 spiro atoms. The van der Waals surface area contributed by atoms with Gasteiger partial charge in [-0.15, -0.1) is 0 Å². The second-order valence-corrected chi connectivity index (χ2v) is 5.42. The van der Waals surface area contributed by atoms with Gasteiger partial charge in [0.15, 0.2) is 0 Å². The van der Waals surface area contributed by atoms with Crippen LogP contribution in [0.15, 0.2) is 18.3 Å². The van der Waals surface area contributed by atoms with E-state index in [0.717, 1.165) is 23.8 Å². The van der Waals surface area contributed by atoms with E-state index >= 15 is 0 Å². The first kappa shape index (κ1) is 8.00. The fourth-order valence-corrected chi connectivity index (χ4v) is 2.72. The lowest BCUT2D eigenvalue weighted by Gasteiger charge is -1.98. The zero-order valence-corrected chi connectivity index (χ0v) is 8.08. The number of hydrogen-bond donors (Lipinski definition) is 0. The number of hydrogen-bond acceptors (Lipinski definition) is 2. The summed E-state index contributed by atoms with van der Waals surface area (Å²) in [6.45, 7) is 1.99. The van der Waals surface area contributed by atoms with Crippen LogP contribution in [0.3, 0.4) is 0 Å². The number of aryl methyl sites for hydroxylation is 1. The number of nitrogens with zero attached hydrogens (tertiary/aromatic N) is 1. The van der Waals surface area contributed by atoms with Gasteiger partial charge in [0.2, 0.25) is 0 Å². The topological polar surface area (TPSA) is 30.0 Å². The number of pyridine rings is 1. The van der Waals surface area contributed by atoms with Crippen LogP contribution in [-0.4, -0.2) is 10.6 Å². The third kappa shape index (κ3) is 1.59. The van der Waals surface area contributed by atoms with Crippen molar-refractivity contribution in [2.45, 2.75) is 25.4 Å². The van der Waals surface area contributed by atoms with Gasteiger partial charge in [0.1, 0.15) is 7.80 Å². The van der Waals surface area contributed by atoms with Gasteiger partial charge < -0.3 is 4.57 Å². The first-order chi connectivity index (χ1) is 5.77. The molecule has 1 heterocycles. The molecule has 1 aliphatic carbocycles. The molecule has 2 rings (SSSR count). The molecule has 0 amide bonds. The summed E-state index contributed by atoms with van der Waals surface area (Å²) in [6, 6.07) is 3.88. The van der Waals surface area contributed by atoms with E-state index in [0.29, 0.717) is 5.66 Å². The monoisotopic (exact) mass is 181 g/mol. The maximum absolute atomic E-state index is 11.6. The first-order valence-electron chi connectivity index (χ1n) is 4.24. The fourth-order valence-electron chi connectivity index (χ4n) is 1.17. The van der Waals surface area contributed by atoms with Gasteiger partial charge in [0.25, 0.3) is 0 Å². The van der Waals surface area contributed by atoms with Crippen molar-refractivity contribution in [3.05, 3.63) is 23.9 Å². The second-order valence-electron chi connectivity index (χ2n) is 3.36. The normalized spacial score (nSPS) is 19.1. The molecule has 1 fully saturated rings. The van der Waals surface area contributed by atoms with Gasteiger partial charge in [-0.3, -0.25) is 4.98 Å². The Hall–Kier alpha value is -0.620. The van der Waals surface area contributed by atoms with Gasteiger partial charge in [-0.25, -0.2) is 0 Å². The minimum Gasteiger partial charge on any atom is -0.320 e. The Morgan fingerprint density at radius 1 is 1.50 bits per heavy atom. The Labute approximate surface area is 72.8 Å². The molecule has 12 heavy (non-hydrogen) atoms. The summed E-state index contributed by atoms with van der Waals surface area (Å²) >= 11 is 0. The van der Waals surface area contributed by atoms with E-state index < -0.39 is 7.80 Å². The minimum absolute atomic E-state index is 0.463. The molecule has 0 N–H and O–H groups in total. The Balaban J connectivity index is 2.22. The first-order valence-corrected chi connectivity index (χ1v) is 5.73. The fraction of sp³-hybridized carbons (Fsp3) is 0.444. The maximum atomic E-state index is 11.6. The van der Waals surface area contributed by atoms with E-state index in [1.165, 1.54) is 0 Å². The van der Waals surface area contributed by atoms with Crippen LogP contribution in [-0.2, 0) is 4.57 Å². The summed E-state index contributed by atoms with van der Waals surface area (Å²) in [7, 11) is -1.55. The molecule has 1 aromatic rings. The second kappa shape index (κ2) is 3.02. The van der Waals surface area contributed by atoms with Crippen molar-refractivity contribution in [1.82, 2.24) is 4.98 Å². The Morgan fingerprint density at radius 2 is 2.25 bits per heavy atom. The van der Waals surface area contributed by atoms with Gasteiger partial charge in [0.05, 0.1) is 5.44 Å². The molecule has 1 saturated carbocycles. The third-order valence-electron chi connectivity index (χ3n) is 2.11. The van der Waals surface area contributed by atoms with Gasteiger partial charge in [-0.2, -0.15) is 0 Å². The van der Waals surface area contributed by atoms with Crippen LogP contribution in [0, 0.1) is 6.92 Å². The van der Waals surface area contributed by atoms with E-state index in [9.17, 15) is 4.57 Å². The highest BCUT2D eigenvalue weighted by Crippen LogP contribution is 2.43. The highest BCUT2D eigenvalue weighted by Gasteiger charge is 2.29. The lowest BCUT2D eigenvalue weighted by Crippen LogP contribution is -2.03. The summed E-state index contributed by atoms with van der Waals surface area (Å²) in [5.74, 6) is 0. The lowest BCUT2D eigenvalue weighted by molar-refractivity contribution is 0.592. The number of aromatic nitrogens is 1. The molecule has 1 aromatic heterocycles. The highest BCUT2D eigenvalue weighted by molar-refractivity contribution is 7.54. The molecule has 1 unspecified atom stereocenters. The maximum Gasteiger partial charge on any atom is 0.124 e. The van der Waals surface area contributed by atoms with Crippen LogP contribution in [0.2, 0.25) is 0 Å². The third-order valence-corrected chi connectivity index (χ3v) is 4.23. The SMILES string of the molecule is Cc1ccc([PH](=O)C2CC2)nc1. The summed E-state index contributed by atoms with van der Waals surface area (Å²) in [5, 5.41) is 0. The largest absolute Gasteiger partial charge is 0.320 e. The van der Waals surface area contributed by atoms with E-state index in [-0.39, 0.29) is 0 Å². The van der Waals surface area contributed by atoms with E-state index in [4.69, 9.17) is 0 Å². The number of rotatable bonds is 2. The van der Waals surface area contributed by atoms with Crippen molar-refractivity contribution in [3.8, 4) is 0 Å². The molecule has 2 nitrogen and oxygen atoms in total. The van der Waals surface area contributed by atoms with E-state index in [1.807, 2.05) is 19.1 Å². The average molecular weight is 181 g/mol. The van der Waals surface area contributed by atoms with E-state index in [1.54, 1.807) is 6.20 Å². The molecule has 1 aliphatic rings. The van der Waals surface area contributed by atoms with Gasteiger partial charge in [-0.1, -0.05) is 6.07 Å². The van der Waals surface area contributed by atoms with Crippen molar-refractivity contribution in [2.24, 2.45) is 0 Å². The van der Waals surface area contributed by atoms with Crippen LogP contribution in [0.5, 0.6) is 0 Å². The van der Waals surface area contributed by atoms with Gasteiger partial charge >= 0.3 is 0 Å². The predicted octanol–water partition coefficient (Wildman–Crippen LogP) is 1.74. The summed E-state index contributed by atoms with van der Waals surface area (Å²) in [6.07, 6.45) is 4.06. The molecule has 0 aromatic carbocycles. The van der Waals surface area contributed by atoms with E-state index in [2.05, 4.69) is 4.98 Å².